The van der Waals surface area contributed by atoms with Crippen LogP contribution in [-0.4, -0.2) is 18.0 Å². The van der Waals surface area contributed by atoms with E-state index in [0.29, 0.717) is 10.5 Å². The van der Waals surface area contributed by atoms with Gasteiger partial charge in [0.25, 0.3) is 5.91 Å². The molecule has 0 aliphatic carbocycles. The third-order valence-corrected chi connectivity index (χ3v) is 3.43. The summed E-state index contributed by atoms with van der Waals surface area (Å²) >= 11 is 3.21. The summed E-state index contributed by atoms with van der Waals surface area (Å²) in [5.74, 6) is -5.56. The van der Waals surface area contributed by atoms with Gasteiger partial charge < -0.3 is 5.32 Å². The van der Waals surface area contributed by atoms with Gasteiger partial charge in [-0.25, -0.2) is 23.6 Å². The zero-order valence-corrected chi connectivity index (χ0v) is 13.6. The molecule has 0 radical (unpaired) electrons. The van der Waals surface area contributed by atoms with Crippen molar-refractivity contribution in [3.63, 3.8) is 0 Å². The number of amides is 1. The SMILES string of the molecule is CONC(=O)c1cc(F)c(F)c(F)c1Nc1ncc(C)cc1Br. The van der Waals surface area contributed by atoms with Crippen molar-refractivity contribution in [2.45, 2.75) is 6.92 Å². The Morgan fingerprint density at radius 2 is 1.96 bits per heavy atom. The molecule has 0 saturated carbocycles. The first kappa shape index (κ1) is 17.2. The van der Waals surface area contributed by atoms with Crippen LogP contribution in [0.1, 0.15) is 15.9 Å². The minimum Gasteiger partial charge on any atom is -0.336 e. The van der Waals surface area contributed by atoms with E-state index < -0.39 is 34.6 Å². The molecule has 0 bridgehead atoms. The zero-order valence-electron chi connectivity index (χ0n) is 12.0. The van der Waals surface area contributed by atoms with Gasteiger partial charge in [0.15, 0.2) is 17.5 Å². The molecule has 1 aromatic carbocycles. The second kappa shape index (κ2) is 6.97. The Morgan fingerprint density at radius 3 is 2.57 bits per heavy atom. The highest BCUT2D eigenvalue weighted by Crippen LogP contribution is 2.30. The molecule has 1 aromatic heterocycles. The molecule has 2 N–H and O–H groups in total. The van der Waals surface area contributed by atoms with Crippen LogP contribution < -0.4 is 10.8 Å². The van der Waals surface area contributed by atoms with Crippen LogP contribution in [0.5, 0.6) is 0 Å². The highest BCUT2D eigenvalue weighted by atomic mass is 79.9. The van der Waals surface area contributed by atoms with E-state index in [1.165, 1.54) is 6.20 Å². The van der Waals surface area contributed by atoms with Gasteiger partial charge >= 0.3 is 0 Å². The average Bonchev–Trinajstić information content (AvgIpc) is 2.50. The summed E-state index contributed by atoms with van der Waals surface area (Å²) in [6, 6.07) is 2.25. The maximum absolute atomic E-state index is 14.1. The van der Waals surface area contributed by atoms with Crippen LogP contribution in [-0.2, 0) is 4.84 Å². The lowest BCUT2D eigenvalue weighted by Gasteiger charge is -2.14. The highest BCUT2D eigenvalue weighted by Gasteiger charge is 2.24. The molecular formula is C14H11BrF3N3O2. The van der Waals surface area contributed by atoms with Crippen molar-refractivity contribution < 1.29 is 22.8 Å². The van der Waals surface area contributed by atoms with Crippen LogP contribution in [0.3, 0.4) is 0 Å². The standard InChI is InChI=1S/C14H11BrF3N3O2/c1-6-3-8(15)13(19-5-6)20-12-7(14(22)21-23-2)4-9(16)10(17)11(12)18/h3-5H,1-2H3,(H,19,20)(H,21,22). The number of anilines is 2. The van der Waals surface area contributed by atoms with Gasteiger partial charge in [0, 0.05) is 6.20 Å². The van der Waals surface area contributed by atoms with E-state index in [4.69, 9.17) is 0 Å². The number of benzene rings is 1. The summed E-state index contributed by atoms with van der Waals surface area (Å²) in [7, 11) is 1.15. The normalized spacial score (nSPS) is 10.5. The first-order valence-corrected chi connectivity index (χ1v) is 7.04. The van der Waals surface area contributed by atoms with Crippen LogP contribution in [0.25, 0.3) is 0 Å². The largest absolute Gasteiger partial charge is 0.336 e. The number of halogens is 4. The summed E-state index contributed by atoms with van der Waals surface area (Å²) in [6.07, 6.45) is 1.49. The van der Waals surface area contributed by atoms with Crippen molar-refractivity contribution in [1.82, 2.24) is 10.5 Å². The number of carbonyl (C=O) groups excluding carboxylic acids is 1. The minimum absolute atomic E-state index is 0.131. The molecular weight excluding hydrogens is 379 g/mol. The number of carbonyl (C=O) groups is 1. The molecule has 5 nitrogen and oxygen atoms in total. The maximum atomic E-state index is 14.1. The van der Waals surface area contributed by atoms with Crippen molar-refractivity contribution in [2.24, 2.45) is 0 Å². The molecule has 0 unspecified atom stereocenters. The molecule has 0 fully saturated rings. The number of pyridine rings is 1. The number of aryl methyl sites for hydroxylation is 1. The van der Waals surface area contributed by atoms with Crippen LogP contribution in [0.2, 0.25) is 0 Å². The maximum Gasteiger partial charge on any atom is 0.277 e. The molecule has 23 heavy (non-hydrogen) atoms. The van der Waals surface area contributed by atoms with Crippen LogP contribution in [0.4, 0.5) is 24.7 Å². The Kier molecular flexibility index (Phi) is 5.22. The van der Waals surface area contributed by atoms with Crippen LogP contribution in [0.15, 0.2) is 22.8 Å². The van der Waals surface area contributed by atoms with E-state index in [1.54, 1.807) is 13.0 Å². The smallest absolute Gasteiger partial charge is 0.277 e. The van der Waals surface area contributed by atoms with Gasteiger partial charge in [0.05, 0.1) is 22.8 Å². The van der Waals surface area contributed by atoms with E-state index >= 15 is 0 Å². The quantitative estimate of drug-likeness (QED) is 0.619. The lowest BCUT2D eigenvalue weighted by Crippen LogP contribution is -2.24. The average molecular weight is 390 g/mol. The van der Waals surface area contributed by atoms with Crippen molar-refractivity contribution in [2.75, 3.05) is 12.4 Å². The summed E-state index contributed by atoms with van der Waals surface area (Å²) in [4.78, 5) is 20.3. The highest BCUT2D eigenvalue weighted by molar-refractivity contribution is 9.10. The number of nitrogens with zero attached hydrogens (tertiary/aromatic N) is 1. The first-order chi connectivity index (χ1) is 10.8. The van der Waals surface area contributed by atoms with Crippen LogP contribution >= 0.6 is 15.9 Å². The Balaban J connectivity index is 2.55. The Morgan fingerprint density at radius 1 is 1.26 bits per heavy atom. The van der Waals surface area contributed by atoms with Gasteiger partial charge in [0.2, 0.25) is 0 Å². The predicted octanol–water partition coefficient (Wildman–Crippen LogP) is 3.60. The molecule has 1 amide bonds. The molecule has 1 heterocycles. The van der Waals surface area contributed by atoms with E-state index in [-0.39, 0.29) is 5.82 Å². The Bertz CT molecular complexity index is 771. The fraction of sp³-hybridized carbons (Fsp3) is 0.143. The summed E-state index contributed by atoms with van der Waals surface area (Å²) in [5.41, 5.74) is 1.71. The van der Waals surface area contributed by atoms with Crippen molar-refractivity contribution >= 4 is 33.3 Å². The molecule has 2 aromatic rings. The van der Waals surface area contributed by atoms with E-state index in [9.17, 15) is 18.0 Å². The van der Waals surface area contributed by atoms with Gasteiger partial charge in [-0.3, -0.25) is 9.63 Å². The molecule has 0 aliphatic heterocycles. The fourth-order valence-corrected chi connectivity index (χ4v) is 2.35. The lowest BCUT2D eigenvalue weighted by molar-refractivity contribution is 0.0537. The number of nitrogens with one attached hydrogen (secondary N) is 2. The fourth-order valence-electron chi connectivity index (χ4n) is 1.79. The second-order valence-electron chi connectivity index (χ2n) is 4.51. The summed E-state index contributed by atoms with van der Waals surface area (Å²) in [6.45, 7) is 1.79. The number of hydrogen-bond donors (Lipinski definition) is 2. The Labute approximate surface area is 137 Å². The third kappa shape index (κ3) is 3.62. The molecule has 0 atom stereocenters. The molecule has 0 saturated heterocycles. The van der Waals surface area contributed by atoms with E-state index in [2.05, 4.69) is 31.1 Å². The summed E-state index contributed by atoms with van der Waals surface area (Å²) < 4.78 is 41.4. The minimum atomic E-state index is -1.70. The van der Waals surface area contributed by atoms with E-state index in [1.807, 2.05) is 5.48 Å². The zero-order chi connectivity index (χ0) is 17.1. The number of aromatic nitrogens is 1. The predicted molar refractivity (Wildman–Crippen MR) is 80.7 cm³/mol. The third-order valence-electron chi connectivity index (χ3n) is 2.82. The van der Waals surface area contributed by atoms with Gasteiger partial charge in [-0.15, -0.1) is 0 Å². The van der Waals surface area contributed by atoms with Crippen molar-refractivity contribution in [1.29, 1.82) is 0 Å². The van der Waals surface area contributed by atoms with Gasteiger partial charge in [-0.05, 0) is 40.5 Å². The number of hydrogen-bond acceptors (Lipinski definition) is 4. The monoisotopic (exact) mass is 389 g/mol. The van der Waals surface area contributed by atoms with Crippen LogP contribution in [0, 0.1) is 24.4 Å². The topological polar surface area (TPSA) is 63.2 Å². The Hall–Kier alpha value is -2.13. The summed E-state index contributed by atoms with van der Waals surface area (Å²) in [5, 5.41) is 2.49. The number of hydroxylamine groups is 1. The van der Waals surface area contributed by atoms with Crippen molar-refractivity contribution in [3.8, 4) is 0 Å². The molecule has 122 valence electrons. The first-order valence-electron chi connectivity index (χ1n) is 6.25. The van der Waals surface area contributed by atoms with Crippen molar-refractivity contribution in [3.05, 3.63) is 51.4 Å². The molecule has 9 heteroatoms. The second-order valence-corrected chi connectivity index (χ2v) is 5.37. The number of rotatable bonds is 4. The van der Waals surface area contributed by atoms with E-state index in [0.717, 1.165) is 12.7 Å². The van der Waals surface area contributed by atoms with Gasteiger partial charge in [0.1, 0.15) is 5.82 Å². The van der Waals surface area contributed by atoms with Gasteiger partial charge in [-0.2, -0.15) is 0 Å². The lowest BCUT2D eigenvalue weighted by atomic mass is 10.1. The van der Waals surface area contributed by atoms with Gasteiger partial charge in [-0.1, -0.05) is 0 Å². The molecule has 0 aliphatic rings. The molecule has 0 spiro atoms. The molecule has 2 rings (SSSR count).